The Hall–Kier alpha value is -1.77. The second kappa shape index (κ2) is 5.08. The Bertz CT molecular complexity index is 587. The van der Waals surface area contributed by atoms with Crippen LogP contribution in [0.25, 0.3) is 10.9 Å². The Balaban J connectivity index is 1.82. The van der Waals surface area contributed by atoms with Crippen molar-refractivity contribution in [3.8, 4) is 0 Å². The number of carbonyl (C=O) groups is 1. The zero-order chi connectivity index (χ0) is 13.2. The number of aromatic nitrogens is 1. The predicted octanol–water partition coefficient (Wildman–Crippen LogP) is 3.43. The van der Waals surface area contributed by atoms with E-state index < -0.39 is 0 Å². The van der Waals surface area contributed by atoms with Crippen LogP contribution in [0.2, 0.25) is 0 Å². The van der Waals surface area contributed by atoms with Crippen LogP contribution in [0.3, 0.4) is 0 Å². The van der Waals surface area contributed by atoms with E-state index in [1.54, 1.807) is 0 Å². The molecule has 1 fully saturated rings. The van der Waals surface area contributed by atoms with Gasteiger partial charge in [-0.2, -0.15) is 0 Å². The molecule has 0 spiro atoms. The maximum absolute atomic E-state index is 12.5. The molecule has 3 heteroatoms. The molecule has 1 aliphatic heterocycles. The number of nitrogens with zero attached hydrogens (tertiary/aromatic N) is 1. The molecule has 2 heterocycles. The number of fused-ring (bicyclic) bond motifs is 1. The van der Waals surface area contributed by atoms with Gasteiger partial charge in [-0.3, -0.25) is 4.79 Å². The Labute approximate surface area is 113 Å². The third-order valence-corrected chi connectivity index (χ3v) is 4.11. The third-order valence-electron chi connectivity index (χ3n) is 4.11. The Morgan fingerprint density at radius 3 is 3.05 bits per heavy atom. The summed E-state index contributed by atoms with van der Waals surface area (Å²) in [7, 11) is 0. The molecule has 19 heavy (non-hydrogen) atoms. The van der Waals surface area contributed by atoms with E-state index in [4.69, 9.17) is 0 Å². The second-order valence-corrected chi connectivity index (χ2v) is 5.61. The van der Waals surface area contributed by atoms with Crippen molar-refractivity contribution in [2.75, 3.05) is 13.1 Å². The van der Waals surface area contributed by atoms with Gasteiger partial charge in [0.25, 0.3) is 5.91 Å². The molecular formula is C16H20N2O. The summed E-state index contributed by atoms with van der Waals surface area (Å²) in [6.07, 6.45) is 5.39. The minimum absolute atomic E-state index is 0.172. The second-order valence-electron chi connectivity index (χ2n) is 5.61. The lowest BCUT2D eigenvalue weighted by molar-refractivity contribution is 0.0760. The first-order valence-electron chi connectivity index (χ1n) is 7.10. The molecule has 1 atom stereocenters. The van der Waals surface area contributed by atoms with Gasteiger partial charge in [-0.1, -0.05) is 13.0 Å². The first kappa shape index (κ1) is 12.3. The number of hydrogen-bond acceptors (Lipinski definition) is 1. The molecule has 1 aromatic carbocycles. The highest BCUT2D eigenvalue weighted by molar-refractivity contribution is 5.97. The lowest BCUT2D eigenvalue weighted by Gasteiger charge is -2.20. The van der Waals surface area contributed by atoms with E-state index in [0.717, 1.165) is 48.3 Å². The summed E-state index contributed by atoms with van der Waals surface area (Å²) in [5, 5.41) is 1.15. The van der Waals surface area contributed by atoms with Gasteiger partial charge in [-0.05, 0) is 48.8 Å². The summed E-state index contributed by atoms with van der Waals surface area (Å²) in [6, 6.07) is 7.94. The fourth-order valence-corrected chi connectivity index (χ4v) is 2.83. The third kappa shape index (κ3) is 2.50. The van der Waals surface area contributed by atoms with Gasteiger partial charge in [-0.25, -0.2) is 0 Å². The van der Waals surface area contributed by atoms with Crippen LogP contribution in [0.5, 0.6) is 0 Å². The van der Waals surface area contributed by atoms with Gasteiger partial charge in [0, 0.05) is 30.4 Å². The number of carbonyl (C=O) groups excluding carboxylic acids is 1. The molecule has 1 aromatic heterocycles. The van der Waals surface area contributed by atoms with Crippen LogP contribution in [-0.4, -0.2) is 28.9 Å². The highest BCUT2D eigenvalue weighted by atomic mass is 16.2. The van der Waals surface area contributed by atoms with E-state index in [1.807, 2.05) is 35.4 Å². The largest absolute Gasteiger partial charge is 0.361 e. The molecule has 1 N–H and O–H groups in total. The zero-order valence-corrected chi connectivity index (χ0v) is 11.4. The average molecular weight is 256 g/mol. The van der Waals surface area contributed by atoms with Crippen LogP contribution in [0, 0.1) is 5.92 Å². The Kier molecular flexibility index (Phi) is 3.28. The number of likely N-dealkylation sites (tertiary alicyclic amines) is 1. The van der Waals surface area contributed by atoms with Crippen molar-refractivity contribution < 1.29 is 4.79 Å². The molecule has 0 radical (unpaired) electrons. The van der Waals surface area contributed by atoms with Gasteiger partial charge in [0.2, 0.25) is 0 Å². The maximum atomic E-state index is 12.5. The molecule has 0 aliphatic carbocycles. The summed E-state index contributed by atoms with van der Waals surface area (Å²) in [6.45, 7) is 4.06. The van der Waals surface area contributed by atoms with Crippen LogP contribution in [0.4, 0.5) is 0 Å². The highest BCUT2D eigenvalue weighted by Gasteiger charge is 2.19. The smallest absolute Gasteiger partial charge is 0.253 e. The SMILES string of the molecule is CC1CCCN(C(=O)c2ccc3cc[nH]c3c2)CC1. The molecule has 100 valence electrons. The van der Waals surface area contributed by atoms with Crippen LogP contribution in [-0.2, 0) is 0 Å². The van der Waals surface area contributed by atoms with Crippen LogP contribution >= 0.6 is 0 Å². The van der Waals surface area contributed by atoms with Crippen LogP contribution < -0.4 is 0 Å². The Morgan fingerprint density at radius 2 is 2.16 bits per heavy atom. The number of hydrogen-bond donors (Lipinski definition) is 1. The van der Waals surface area contributed by atoms with Crippen molar-refractivity contribution in [3.05, 3.63) is 36.0 Å². The van der Waals surface area contributed by atoms with Crippen molar-refractivity contribution in [2.24, 2.45) is 5.92 Å². The number of aromatic amines is 1. The van der Waals surface area contributed by atoms with Gasteiger partial charge >= 0.3 is 0 Å². The molecule has 1 amide bonds. The number of benzene rings is 1. The minimum Gasteiger partial charge on any atom is -0.361 e. The van der Waals surface area contributed by atoms with Gasteiger partial charge in [0.1, 0.15) is 0 Å². The normalized spacial score (nSPS) is 20.5. The van der Waals surface area contributed by atoms with Gasteiger partial charge in [0.05, 0.1) is 0 Å². The minimum atomic E-state index is 0.172. The molecule has 1 saturated heterocycles. The predicted molar refractivity (Wildman–Crippen MR) is 77.2 cm³/mol. The van der Waals surface area contributed by atoms with Crippen molar-refractivity contribution in [2.45, 2.75) is 26.2 Å². The molecule has 1 unspecified atom stereocenters. The van der Waals surface area contributed by atoms with Crippen molar-refractivity contribution in [1.82, 2.24) is 9.88 Å². The lowest BCUT2D eigenvalue weighted by Crippen LogP contribution is -2.31. The summed E-state index contributed by atoms with van der Waals surface area (Å²) in [5.41, 5.74) is 1.83. The van der Waals surface area contributed by atoms with E-state index >= 15 is 0 Å². The number of rotatable bonds is 1. The Morgan fingerprint density at radius 1 is 1.26 bits per heavy atom. The fourth-order valence-electron chi connectivity index (χ4n) is 2.83. The molecular weight excluding hydrogens is 236 g/mol. The summed E-state index contributed by atoms with van der Waals surface area (Å²) in [4.78, 5) is 17.7. The average Bonchev–Trinajstić information content (AvgIpc) is 2.78. The number of amides is 1. The van der Waals surface area contributed by atoms with Crippen molar-refractivity contribution in [3.63, 3.8) is 0 Å². The fraction of sp³-hybridized carbons (Fsp3) is 0.438. The zero-order valence-electron chi connectivity index (χ0n) is 11.4. The molecule has 2 aromatic rings. The van der Waals surface area contributed by atoms with Gasteiger partial charge < -0.3 is 9.88 Å². The van der Waals surface area contributed by atoms with Crippen molar-refractivity contribution in [1.29, 1.82) is 0 Å². The van der Waals surface area contributed by atoms with Crippen LogP contribution in [0.15, 0.2) is 30.5 Å². The van der Waals surface area contributed by atoms with E-state index in [2.05, 4.69) is 11.9 Å². The summed E-state index contributed by atoms with van der Waals surface area (Å²) < 4.78 is 0. The van der Waals surface area contributed by atoms with E-state index in [9.17, 15) is 4.79 Å². The van der Waals surface area contributed by atoms with Crippen LogP contribution in [0.1, 0.15) is 36.5 Å². The topological polar surface area (TPSA) is 36.1 Å². The van der Waals surface area contributed by atoms with E-state index in [0.29, 0.717) is 0 Å². The summed E-state index contributed by atoms with van der Waals surface area (Å²) >= 11 is 0. The molecule has 1 aliphatic rings. The highest BCUT2D eigenvalue weighted by Crippen LogP contribution is 2.20. The van der Waals surface area contributed by atoms with Gasteiger partial charge in [0.15, 0.2) is 0 Å². The van der Waals surface area contributed by atoms with Gasteiger partial charge in [-0.15, -0.1) is 0 Å². The molecule has 3 nitrogen and oxygen atoms in total. The molecule has 0 saturated carbocycles. The monoisotopic (exact) mass is 256 g/mol. The molecule has 0 bridgehead atoms. The summed E-state index contributed by atoms with van der Waals surface area (Å²) in [5.74, 6) is 0.911. The van der Waals surface area contributed by atoms with Crippen molar-refractivity contribution >= 4 is 16.8 Å². The number of H-pyrrole nitrogens is 1. The van der Waals surface area contributed by atoms with E-state index in [1.165, 1.54) is 6.42 Å². The standard InChI is InChI=1S/C16H20N2O/c1-12-3-2-9-18(10-7-12)16(19)14-5-4-13-6-8-17-15(13)11-14/h4-6,8,11-12,17H,2-3,7,9-10H2,1H3. The number of nitrogens with one attached hydrogen (secondary N) is 1. The maximum Gasteiger partial charge on any atom is 0.253 e. The quantitative estimate of drug-likeness (QED) is 0.833. The lowest BCUT2D eigenvalue weighted by atomic mass is 10.0. The first-order valence-corrected chi connectivity index (χ1v) is 7.10. The van der Waals surface area contributed by atoms with E-state index in [-0.39, 0.29) is 5.91 Å². The molecule has 3 rings (SSSR count). The first-order chi connectivity index (χ1) is 9.24.